The first-order valence-corrected chi connectivity index (χ1v) is 8.95. The molecule has 4 nitrogen and oxygen atoms in total. The van der Waals surface area contributed by atoms with E-state index in [0.717, 1.165) is 16.7 Å². The maximum absolute atomic E-state index is 12.9. The fraction of sp³-hybridized carbons (Fsp3) is 0.136. The van der Waals surface area contributed by atoms with E-state index in [4.69, 9.17) is 25.8 Å². The smallest absolute Gasteiger partial charge is 0.318 e. The standard InChI is InChI=1S/C22H17ClO4/c23-18-11-15(12-19-21(18)27-14-26-19)13-25-22(24)20(16-7-3-1-4-8-16)17-9-5-2-6-10-17/h1-12,20H,13-14H2. The lowest BCUT2D eigenvalue weighted by molar-refractivity contribution is -0.145. The Morgan fingerprint density at radius 3 is 2.22 bits per heavy atom. The summed E-state index contributed by atoms with van der Waals surface area (Å²) in [7, 11) is 0. The molecule has 4 rings (SSSR count). The highest BCUT2D eigenvalue weighted by Gasteiger charge is 2.25. The van der Waals surface area contributed by atoms with Gasteiger partial charge >= 0.3 is 5.97 Å². The Kier molecular flexibility index (Phi) is 4.99. The van der Waals surface area contributed by atoms with E-state index in [1.54, 1.807) is 12.1 Å². The molecule has 136 valence electrons. The maximum Gasteiger partial charge on any atom is 0.318 e. The average Bonchev–Trinajstić information content (AvgIpc) is 3.18. The SMILES string of the molecule is O=C(OCc1cc(Cl)c2c(c1)OCO2)C(c1ccccc1)c1ccccc1. The van der Waals surface area contributed by atoms with E-state index >= 15 is 0 Å². The van der Waals surface area contributed by atoms with Crippen molar-refractivity contribution >= 4 is 17.6 Å². The molecule has 3 aromatic rings. The van der Waals surface area contributed by atoms with Gasteiger partial charge in [-0.3, -0.25) is 4.79 Å². The normalized spacial score (nSPS) is 12.2. The van der Waals surface area contributed by atoms with Crippen LogP contribution >= 0.6 is 11.6 Å². The highest BCUT2D eigenvalue weighted by Crippen LogP contribution is 2.40. The monoisotopic (exact) mass is 380 g/mol. The Morgan fingerprint density at radius 1 is 0.963 bits per heavy atom. The zero-order valence-electron chi connectivity index (χ0n) is 14.4. The lowest BCUT2D eigenvalue weighted by atomic mass is 9.91. The van der Waals surface area contributed by atoms with Gasteiger partial charge in [-0.15, -0.1) is 0 Å². The van der Waals surface area contributed by atoms with Gasteiger partial charge in [0.2, 0.25) is 6.79 Å². The Bertz CT molecular complexity index is 902. The summed E-state index contributed by atoms with van der Waals surface area (Å²) in [6.45, 7) is 0.244. The summed E-state index contributed by atoms with van der Waals surface area (Å²) in [4.78, 5) is 12.9. The number of halogens is 1. The van der Waals surface area contributed by atoms with Gasteiger partial charge in [-0.2, -0.15) is 0 Å². The zero-order valence-corrected chi connectivity index (χ0v) is 15.2. The largest absolute Gasteiger partial charge is 0.460 e. The molecule has 0 saturated heterocycles. The van der Waals surface area contributed by atoms with Crippen molar-refractivity contribution in [2.45, 2.75) is 12.5 Å². The molecule has 0 radical (unpaired) electrons. The second-order valence-corrected chi connectivity index (χ2v) is 6.58. The van der Waals surface area contributed by atoms with Crippen molar-refractivity contribution in [2.75, 3.05) is 6.79 Å². The molecule has 0 saturated carbocycles. The lowest BCUT2D eigenvalue weighted by Crippen LogP contribution is -2.17. The Hall–Kier alpha value is -2.98. The molecule has 0 atom stereocenters. The molecule has 5 heteroatoms. The van der Waals surface area contributed by atoms with Crippen molar-refractivity contribution in [1.82, 2.24) is 0 Å². The number of carbonyl (C=O) groups is 1. The third-order valence-electron chi connectivity index (χ3n) is 4.37. The number of benzene rings is 3. The number of fused-ring (bicyclic) bond motifs is 1. The molecule has 0 N–H and O–H groups in total. The maximum atomic E-state index is 12.9. The van der Waals surface area contributed by atoms with Gasteiger partial charge in [0, 0.05) is 0 Å². The van der Waals surface area contributed by atoms with Crippen LogP contribution in [0.15, 0.2) is 72.8 Å². The minimum Gasteiger partial charge on any atom is -0.460 e. The number of esters is 1. The van der Waals surface area contributed by atoms with Gasteiger partial charge in [0.25, 0.3) is 0 Å². The van der Waals surface area contributed by atoms with Crippen LogP contribution in [0.25, 0.3) is 0 Å². The predicted molar refractivity (Wildman–Crippen MR) is 102 cm³/mol. The first-order valence-electron chi connectivity index (χ1n) is 8.57. The van der Waals surface area contributed by atoms with Crippen LogP contribution in [0.3, 0.4) is 0 Å². The van der Waals surface area contributed by atoms with Gasteiger partial charge in [-0.1, -0.05) is 72.3 Å². The number of hydrogen-bond donors (Lipinski definition) is 0. The van der Waals surface area contributed by atoms with Crippen molar-refractivity contribution in [3.8, 4) is 11.5 Å². The minimum atomic E-state index is -0.489. The van der Waals surface area contributed by atoms with Crippen LogP contribution in [0.2, 0.25) is 5.02 Å². The fourth-order valence-corrected chi connectivity index (χ4v) is 3.39. The van der Waals surface area contributed by atoms with E-state index < -0.39 is 5.92 Å². The topological polar surface area (TPSA) is 44.8 Å². The Balaban J connectivity index is 1.55. The van der Waals surface area contributed by atoms with Crippen molar-refractivity contribution in [3.63, 3.8) is 0 Å². The Labute approximate surface area is 162 Å². The van der Waals surface area contributed by atoms with E-state index in [1.165, 1.54) is 0 Å². The molecule has 1 heterocycles. The average molecular weight is 381 g/mol. The summed E-state index contributed by atoms with van der Waals surface area (Å²) in [5.74, 6) is 0.285. The van der Waals surface area contributed by atoms with Crippen molar-refractivity contribution in [3.05, 3.63) is 94.5 Å². The van der Waals surface area contributed by atoms with E-state index in [2.05, 4.69) is 0 Å². The molecule has 0 aliphatic carbocycles. The lowest BCUT2D eigenvalue weighted by Gasteiger charge is -2.17. The number of rotatable bonds is 5. The molecule has 0 amide bonds. The van der Waals surface area contributed by atoms with Gasteiger partial charge in [0.1, 0.15) is 12.5 Å². The highest BCUT2D eigenvalue weighted by atomic mass is 35.5. The number of carbonyl (C=O) groups excluding carboxylic acids is 1. The summed E-state index contributed by atoms with van der Waals surface area (Å²) in [5.41, 5.74) is 2.52. The van der Waals surface area contributed by atoms with Crippen LogP contribution in [-0.2, 0) is 16.1 Å². The molecule has 0 fully saturated rings. The first-order chi connectivity index (χ1) is 13.2. The van der Waals surface area contributed by atoms with Crippen LogP contribution in [0.1, 0.15) is 22.6 Å². The summed E-state index contributed by atoms with van der Waals surface area (Å²) < 4.78 is 16.3. The molecular weight excluding hydrogens is 364 g/mol. The molecule has 0 spiro atoms. The van der Waals surface area contributed by atoms with Gasteiger partial charge in [0.05, 0.1) is 5.02 Å². The van der Waals surface area contributed by atoms with E-state index in [1.807, 2.05) is 60.7 Å². The molecule has 1 aliphatic rings. The fourth-order valence-electron chi connectivity index (χ4n) is 3.10. The van der Waals surface area contributed by atoms with Crippen LogP contribution in [-0.4, -0.2) is 12.8 Å². The van der Waals surface area contributed by atoms with Crippen molar-refractivity contribution < 1.29 is 19.0 Å². The summed E-state index contributed by atoms with van der Waals surface area (Å²) >= 11 is 6.20. The quantitative estimate of drug-likeness (QED) is 0.588. The molecule has 3 aromatic carbocycles. The molecule has 0 unspecified atom stereocenters. The van der Waals surface area contributed by atoms with Crippen LogP contribution < -0.4 is 9.47 Å². The van der Waals surface area contributed by atoms with Gasteiger partial charge in [-0.25, -0.2) is 0 Å². The summed E-state index contributed by atoms with van der Waals surface area (Å²) in [6, 6.07) is 22.7. The highest BCUT2D eigenvalue weighted by molar-refractivity contribution is 6.32. The molecule has 27 heavy (non-hydrogen) atoms. The first kappa shape index (κ1) is 17.4. The number of ether oxygens (including phenoxy) is 3. The van der Waals surface area contributed by atoms with E-state index in [-0.39, 0.29) is 19.4 Å². The van der Waals surface area contributed by atoms with Crippen LogP contribution in [0.4, 0.5) is 0 Å². The van der Waals surface area contributed by atoms with Gasteiger partial charge in [-0.05, 0) is 28.8 Å². The molecule has 0 bridgehead atoms. The summed E-state index contributed by atoms with van der Waals surface area (Å²) in [5, 5.41) is 0.443. The molecule has 0 aromatic heterocycles. The third-order valence-corrected chi connectivity index (χ3v) is 4.65. The molecular formula is C22H17ClO4. The number of hydrogen-bond acceptors (Lipinski definition) is 4. The predicted octanol–water partition coefficient (Wildman–Crippen LogP) is 4.94. The van der Waals surface area contributed by atoms with Crippen molar-refractivity contribution in [2.24, 2.45) is 0 Å². The zero-order chi connectivity index (χ0) is 18.6. The second-order valence-electron chi connectivity index (χ2n) is 6.17. The van der Waals surface area contributed by atoms with E-state index in [9.17, 15) is 4.79 Å². The van der Waals surface area contributed by atoms with E-state index in [0.29, 0.717) is 16.5 Å². The summed E-state index contributed by atoms with van der Waals surface area (Å²) in [6.07, 6.45) is 0. The van der Waals surface area contributed by atoms with Crippen LogP contribution in [0.5, 0.6) is 11.5 Å². The van der Waals surface area contributed by atoms with Gasteiger partial charge < -0.3 is 14.2 Å². The Morgan fingerprint density at radius 2 is 1.59 bits per heavy atom. The van der Waals surface area contributed by atoms with Crippen molar-refractivity contribution in [1.29, 1.82) is 0 Å². The minimum absolute atomic E-state index is 0.103. The second kappa shape index (κ2) is 7.72. The third kappa shape index (κ3) is 3.76. The van der Waals surface area contributed by atoms with Gasteiger partial charge in [0.15, 0.2) is 11.5 Å². The molecule has 1 aliphatic heterocycles. The van der Waals surface area contributed by atoms with Crippen LogP contribution in [0, 0.1) is 0 Å².